The van der Waals surface area contributed by atoms with Crippen LogP contribution in [0.2, 0.25) is 0 Å². The average molecular weight is 234 g/mol. The first-order valence-corrected chi connectivity index (χ1v) is 5.77. The SMILES string of the molecule is N#Cc1c(S(N)(=O)=O)nnc2ccccc12. The van der Waals surface area contributed by atoms with Crippen molar-refractivity contribution in [1.29, 1.82) is 5.26 Å². The van der Waals surface area contributed by atoms with Gasteiger partial charge in [0.2, 0.25) is 5.03 Å². The van der Waals surface area contributed by atoms with Gasteiger partial charge >= 0.3 is 0 Å². The normalized spacial score (nSPS) is 11.2. The van der Waals surface area contributed by atoms with E-state index in [9.17, 15) is 8.42 Å². The number of nitriles is 1. The van der Waals surface area contributed by atoms with Crippen molar-refractivity contribution in [3.63, 3.8) is 0 Å². The predicted molar refractivity (Wildman–Crippen MR) is 55.6 cm³/mol. The standard InChI is InChI=1S/C9H6N4O2S/c10-5-7-6-3-1-2-4-8(6)12-13-9(7)16(11,14)15/h1-4H,(H2,11,14,15). The largest absolute Gasteiger partial charge is 0.258 e. The smallest absolute Gasteiger partial charge is 0.223 e. The Morgan fingerprint density at radius 3 is 2.56 bits per heavy atom. The van der Waals surface area contributed by atoms with Gasteiger partial charge in [0.1, 0.15) is 11.6 Å². The molecule has 0 aliphatic rings. The van der Waals surface area contributed by atoms with Gasteiger partial charge < -0.3 is 0 Å². The second kappa shape index (κ2) is 3.52. The molecular weight excluding hydrogens is 228 g/mol. The van der Waals surface area contributed by atoms with Crippen molar-refractivity contribution in [1.82, 2.24) is 10.2 Å². The van der Waals surface area contributed by atoms with E-state index in [-0.39, 0.29) is 5.56 Å². The van der Waals surface area contributed by atoms with Crippen LogP contribution in [-0.2, 0) is 10.0 Å². The quantitative estimate of drug-likeness (QED) is 0.755. The topological polar surface area (TPSA) is 110 Å². The maximum atomic E-state index is 11.2. The van der Waals surface area contributed by atoms with Crippen LogP contribution in [0.5, 0.6) is 0 Å². The molecule has 0 radical (unpaired) electrons. The Balaban J connectivity index is 2.96. The summed E-state index contributed by atoms with van der Waals surface area (Å²) in [4.78, 5) is 0. The number of nitrogens with two attached hydrogens (primary N) is 1. The highest BCUT2D eigenvalue weighted by Crippen LogP contribution is 2.19. The minimum atomic E-state index is -4.03. The van der Waals surface area contributed by atoms with Crippen LogP contribution in [0, 0.1) is 11.3 Å². The summed E-state index contributed by atoms with van der Waals surface area (Å²) >= 11 is 0. The fraction of sp³-hybridized carbons (Fsp3) is 0. The van der Waals surface area contributed by atoms with E-state index in [4.69, 9.17) is 10.4 Å². The number of nitrogens with zero attached hydrogens (tertiary/aromatic N) is 3. The van der Waals surface area contributed by atoms with E-state index in [1.807, 2.05) is 0 Å². The van der Waals surface area contributed by atoms with Crippen molar-refractivity contribution in [3.8, 4) is 6.07 Å². The minimum absolute atomic E-state index is 0.0758. The molecule has 0 saturated heterocycles. The van der Waals surface area contributed by atoms with Crippen LogP contribution >= 0.6 is 0 Å². The van der Waals surface area contributed by atoms with Gasteiger partial charge in [0.15, 0.2) is 0 Å². The molecule has 0 aliphatic carbocycles. The first-order chi connectivity index (χ1) is 7.54. The van der Waals surface area contributed by atoms with Crippen LogP contribution in [0.4, 0.5) is 0 Å². The third-order valence-corrected chi connectivity index (χ3v) is 2.84. The van der Waals surface area contributed by atoms with Gasteiger partial charge in [-0.15, -0.1) is 10.2 Å². The lowest BCUT2D eigenvalue weighted by Crippen LogP contribution is -2.16. The first-order valence-electron chi connectivity index (χ1n) is 4.22. The summed E-state index contributed by atoms with van der Waals surface area (Å²) < 4.78 is 22.4. The molecule has 1 aromatic carbocycles. The number of sulfonamides is 1. The molecule has 7 heteroatoms. The molecule has 0 aliphatic heterocycles. The van der Waals surface area contributed by atoms with E-state index in [0.29, 0.717) is 10.9 Å². The zero-order valence-corrected chi connectivity index (χ0v) is 8.77. The lowest BCUT2D eigenvalue weighted by molar-refractivity contribution is 0.592. The number of aromatic nitrogens is 2. The molecular formula is C9H6N4O2S. The van der Waals surface area contributed by atoms with Crippen LogP contribution in [0.3, 0.4) is 0 Å². The van der Waals surface area contributed by atoms with E-state index < -0.39 is 15.0 Å². The van der Waals surface area contributed by atoms with Gasteiger partial charge in [-0.1, -0.05) is 18.2 Å². The fourth-order valence-corrected chi connectivity index (χ4v) is 1.94. The van der Waals surface area contributed by atoms with E-state index >= 15 is 0 Å². The summed E-state index contributed by atoms with van der Waals surface area (Å²) in [6.07, 6.45) is 0. The average Bonchev–Trinajstić information content (AvgIpc) is 2.26. The van der Waals surface area contributed by atoms with Gasteiger partial charge in [-0.3, -0.25) is 0 Å². The molecule has 0 amide bonds. The molecule has 2 aromatic rings. The highest BCUT2D eigenvalue weighted by molar-refractivity contribution is 7.89. The highest BCUT2D eigenvalue weighted by Gasteiger charge is 2.19. The van der Waals surface area contributed by atoms with E-state index in [1.54, 1.807) is 30.3 Å². The number of fused-ring (bicyclic) bond motifs is 1. The zero-order valence-electron chi connectivity index (χ0n) is 7.95. The van der Waals surface area contributed by atoms with Crippen molar-refractivity contribution in [2.75, 3.05) is 0 Å². The molecule has 1 heterocycles. The second-order valence-corrected chi connectivity index (χ2v) is 4.53. The number of hydrogen-bond acceptors (Lipinski definition) is 5. The van der Waals surface area contributed by atoms with E-state index in [2.05, 4.69) is 10.2 Å². The molecule has 80 valence electrons. The monoisotopic (exact) mass is 234 g/mol. The predicted octanol–water partition coefficient (Wildman–Crippen LogP) is 0.149. The summed E-state index contributed by atoms with van der Waals surface area (Å²) in [7, 11) is -4.03. The molecule has 16 heavy (non-hydrogen) atoms. The van der Waals surface area contributed by atoms with Gasteiger partial charge in [0, 0.05) is 5.39 Å². The maximum absolute atomic E-state index is 11.2. The Hall–Kier alpha value is -2.04. The van der Waals surface area contributed by atoms with Crippen molar-refractivity contribution >= 4 is 20.9 Å². The Morgan fingerprint density at radius 2 is 1.94 bits per heavy atom. The number of benzene rings is 1. The molecule has 0 unspecified atom stereocenters. The van der Waals surface area contributed by atoms with Gasteiger partial charge in [-0.2, -0.15) is 5.26 Å². The molecule has 6 nitrogen and oxygen atoms in total. The summed E-state index contributed by atoms with van der Waals surface area (Å²) in [5.74, 6) is 0. The van der Waals surface area contributed by atoms with Crippen LogP contribution in [-0.4, -0.2) is 18.6 Å². The van der Waals surface area contributed by atoms with Crippen molar-refractivity contribution < 1.29 is 8.42 Å². The Morgan fingerprint density at radius 1 is 1.25 bits per heavy atom. The van der Waals surface area contributed by atoms with E-state index in [1.165, 1.54) is 0 Å². The van der Waals surface area contributed by atoms with Crippen molar-refractivity contribution in [3.05, 3.63) is 29.8 Å². The van der Waals surface area contributed by atoms with Crippen LogP contribution in [0.15, 0.2) is 29.3 Å². The van der Waals surface area contributed by atoms with E-state index in [0.717, 1.165) is 0 Å². The molecule has 2 N–H and O–H groups in total. The molecule has 0 fully saturated rings. The summed E-state index contributed by atoms with van der Waals surface area (Å²) in [6.45, 7) is 0. The van der Waals surface area contributed by atoms with Crippen LogP contribution < -0.4 is 5.14 Å². The maximum Gasteiger partial charge on any atom is 0.258 e. The Labute approximate surface area is 91.4 Å². The third kappa shape index (κ3) is 1.60. The first kappa shape index (κ1) is 10.5. The lowest BCUT2D eigenvalue weighted by Gasteiger charge is -2.02. The number of primary sulfonamides is 1. The number of hydrogen-bond donors (Lipinski definition) is 1. The summed E-state index contributed by atoms with van der Waals surface area (Å²) in [6, 6.07) is 8.41. The Bertz CT molecular complexity index is 703. The Kier molecular flexibility index (Phi) is 2.30. The molecule has 0 bridgehead atoms. The third-order valence-electron chi connectivity index (χ3n) is 2.02. The van der Waals surface area contributed by atoms with Gasteiger partial charge in [-0.25, -0.2) is 13.6 Å². The highest BCUT2D eigenvalue weighted by atomic mass is 32.2. The molecule has 1 aromatic heterocycles. The second-order valence-electron chi connectivity index (χ2n) is 3.05. The van der Waals surface area contributed by atoms with Gasteiger partial charge in [0.25, 0.3) is 10.0 Å². The minimum Gasteiger partial charge on any atom is -0.223 e. The van der Waals surface area contributed by atoms with Gasteiger partial charge in [-0.05, 0) is 6.07 Å². The molecule has 2 rings (SSSR count). The van der Waals surface area contributed by atoms with Crippen molar-refractivity contribution in [2.45, 2.75) is 5.03 Å². The molecule has 0 atom stereocenters. The summed E-state index contributed by atoms with van der Waals surface area (Å²) in [5, 5.41) is 21.0. The summed E-state index contributed by atoms with van der Waals surface area (Å²) in [5.41, 5.74) is 0.375. The van der Waals surface area contributed by atoms with Gasteiger partial charge in [0.05, 0.1) is 5.52 Å². The molecule has 0 spiro atoms. The lowest BCUT2D eigenvalue weighted by atomic mass is 10.1. The molecule has 0 saturated carbocycles. The van der Waals surface area contributed by atoms with Crippen LogP contribution in [0.1, 0.15) is 5.56 Å². The van der Waals surface area contributed by atoms with Crippen LogP contribution in [0.25, 0.3) is 10.9 Å². The van der Waals surface area contributed by atoms with Crippen molar-refractivity contribution in [2.24, 2.45) is 5.14 Å². The zero-order chi connectivity index (χ0) is 11.8. The fourth-order valence-electron chi connectivity index (χ4n) is 1.34. The number of rotatable bonds is 1.